The SMILES string of the molecule is CC(=O)N=c1sc2ccccc2n1C[C@@H](O)COc1ccccc1. The number of rotatable bonds is 5. The summed E-state index contributed by atoms with van der Waals surface area (Å²) in [7, 11) is 0. The Labute approximate surface area is 143 Å². The van der Waals surface area contributed by atoms with Crippen molar-refractivity contribution in [1.29, 1.82) is 0 Å². The molecular weight excluding hydrogens is 324 g/mol. The predicted molar refractivity (Wildman–Crippen MR) is 94.0 cm³/mol. The van der Waals surface area contributed by atoms with Crippen molar-refractivity contribution in [3.05, 3.63) is 59.4 Å². The molecule has 1 N–H and O–H groups in total. The Bertz CT molecular complexity index is 899. The fourth-order valence-corrected chi connectivity index (χ4v) is 3.47. The van der Waals surface area contributed by atoms with Crippen molar-refractivity contribution in [2.75, 3.05) is 6.61 Å². The third-order valence-electron chi connectivity index (χ3n) is 3.42. The van der Waals surface area contributed by atoms with Gasteiger partial charge in [0.05, 0.1) is 16.8 Å². The molecule has 0 bridgehead atoms. The maximum absolute atomic E-state index is 11.4. The smallest absolute Gasteiger partial charge is 0.245 e. The number of aliphatic hydroxyl groups excluding tert-OH is 1. The summed E-state index contributed by atoms with van der Waals surface area (Å²) in [5, 5.41) is 10.3. The molecule has 1 heterocycles. The third kappa shape index (κ3) is 3.90. The molecule has 124 valence electrons. The van der Waals surface area contributed by atoms with Gasteiger partial charge in [-0.05, 0) is 24.3 Å². The fourth-order valence-electron chi connectivity index (χ4n) is 2.39. The van der Waals surface area contributed by atoms with E-state index in [1.165, 1.54) is 18.3 Å². The molecule has 2 aromatic carbocycles. The average molecular weight is 342 g/mol. The summed E-state index contributed by atoms with van der Waals surface area (Å²) in [5.41, 5.74) is 0.946. The van der Waals surface area contributed by atoms with Gasteiger partial charge in [-0.2, -0.15) is 4.99 Å². The Balaban J connectivity index is 1.82. The number of hydrogen-bond acceptors (Lipinski definition) is 4. The fraction of sp³-hybridized carbons (Fsp3) is 0.222. The van der Waals surface area contributed by atoms with Crippen LogP contribution in [-0.2, 0) is 11.3 Å². The first kappa shape index (κ1) is 16.4. The van der Waals surface area contributed by atoms with Crippen LogP contribution < -0.4 is 9.54 Å². The Morgan fingerprint density at radius 3 is 2.67 bits per heavy atom. The van der Waals surface area contributed by atoms with Gasteiger partial charge in [-0.25, -0.2) is 0 Å². The molecule has 0 saturated heterocycles. The molecule has 6 heteroatoms. The number of thiazole rings is 1. The molecule has 1 amide bonds. The van der Waals surface area contributed by atoms with Crippen LogP contribution in [0, 0.1) is 0 Å². The molecule has 5 nitrogen and oxygen atoms in total. The van der Waals surface area contributed by atoms with Crippen molar-refractivity contribution >= 4 is 27.5 Å². The van der Waals surface area contributed by atoms with E-state index >= 15 is 0 Å². The summed E-state index contributed by atoms with van der Waals surface area (Å²) < 4.78 is 8.48. The summed E-state index contributed by atoms with van der Waals surface area (Å²) in [4.78, 5) is 16.0. The third-order valence-corrected chi connectivity index (χ3v) is 4.48. The molecule has 0 unspecified atom stereocenters. The van der Waals surface area contributed by atoms with E-state index in [-0.39, 0.29) is 12.5 Å². The van der Waals surface area contributed by atoms with E-state index in [0.717, 1.165) is 10.2 Å². The number of carbonyl (C=O) groups excluding carboxylic acids is 1. The number of amides is 1. The number of fused-ring (bicyclic) bond motifs is 1. The second-order valence-corrected chi connectivity index (χ2v) is 6.38. The number of aliphatic hydroxyl groups is 1. The van der Waals surface area contributed by atoms with Gasteiger partial charge in [0.2, 0.25) is 5.91 Å². The first-order valence-corrected chi connectivity index (χ1v) is 8.45. The zero-order valence-corrected chi connectivity index (χ0v) is 14.1. The quantitative estimate of drug-likeness (QED) is 0.775. The largest absolute Gasteiger partial charge is 0.491 e. The van der Waals surface area contributed by atoms with Crippen molar-refractivity contribution < 1.29 is 14.6 Å². The van der Waals surface area contributed by atoms with Crippen molar-refractivity contribution in [2.24, 2.45) is 4.99 Å². The zero-order chi connectivity index (χ0) is 16.9. The van der Waals surface area contributed by atoms with Crippen molar-refractivity contribution in [2.45, 2.75) is 19.6 Å². The summed E-state index contributed by atoms with van der Waals surface area (Å²) in [6.45, 7) is 1.90. The Morgan fingerprint density at radius 2 is 1.92 bits per heavy atom. The lowest BCUT2D eigenvalue weighted by atomic mass is 10.3. The number of ether oxygens (including phenoxy) is 1. The van der Waals surface area contributed by atoms with Gasteiger partial charge in [0, 0.05) is 6.92 Å². The van der Waals surface area contributed by atoms with Crippen LogP contribution in [0.15, 0.2) is 59.6 Å². The minimum absolute atomic E-state index is 0.167. The molecule has 1 atom stereocenters. The number of nitrogens with zero attached hydrogens (tertiary/aromatic N) is 2. The van der Waals surface area contributed by atoms with E-state index in [1.54, 1.807) is 0 Å². The van der Waals surface area contributed by atoms with Crippen LogP contribution in [0.5, 0.6) is 5.75 Å². The maximum atomic E-state index is 11.4. The Morgan fingerprint density at radius 1 is 1.21 bits per heavy atom. The van der Waals surface area contributed by atoms with Crippen LogP contribution >= 0.6 is 11.3 Å². The predicted octanol–water partition coefficient (Wildman–Crippen LogP) is 2.59. The second-order valence-electron chi connectivity index (χ2n) is 5.37. The van der Waals surface area contributed by atoms with Crippen molar-refractivity contribution in [3.8, 4) is 5.75 Å². The molecule has 0 aliphatic carbocycles. The van der Waals surface area contributed by atoms with E-state index in [2.05, 4.69) is 4.99 Å². The minimum Gasteiger partial charge on any atom is -0.491 e. The molecule has 24 heavy (non-hydrogen) atoms. The van der Waals surface area contributed by atoms with Crippen LogP contribution in [0.1, 0.15) is 6.92 Å². The second kappa shape index (κ2) is 7.42. The molecular formula is C18H18N2O3S. The highest BCUT2D eigenvalue weighted by atomic mass is 32.1. The van der Waals surface area contributed by atoms with Gasteiger partial charge in [-0.15, -0.1) is 0 Å². The minimum atomic E-state index is -0.714. The van der Waals surface area contributed by atoms with Crippen LogP contribution in [0.4, 0.5) is 0 Å². The van der Waals surface area contributed by atoms with E-state index in [9.17, 15) is 9.90 Å². The van der Waals surface area contributed by atoms with Crippen LogP contribution in [-0.4, -0.2) is 28.3 Å². The topological polar surface area (TPSA) is 63.8 Å². The van der Waals surface area contributed by atoms with Crippen LogP contribution in [0.2, 0.25) is 0 Å². The van der Waals surface area contributed by atoms with E-state index in [0.29, 0.717) is 17.1 Å². The highest BCUT2D eigenvalue weighted by Crippen LogP contribution is 2.17. The Hall–Kier alpha value is -2.44. The summed E-state index contributed by atoms with van der Waals surface area (Å²) in [5.74, 6) is 0.454. The van der Waals surface area contributed by atoms with Crippen molar-refractivity contribution in [1.82, 2.24) is 4.57 Å². The van der Waals surface area contributed by atoms with Crippen LogP contribution in [0.3, 0.4) is 0 Å². The highest BCUT2D eigenvalue weighted by molar-refractivity contribution is 7.16. The van der Waals surface area contributed by atoms with Gasteiger partial charge in [-0.3, -0.25) is 4.79 Å². The lowest BCUT2D eigenvalue weighted by Crippen LogP contribution is -2.28. The molecule has 0 spiro atoms. The first-order chi connectivity index (χ1) is 11.6. The van der Waals surface area contributed by atoms with E-state index < -0.39 is 6.10 Å². The normalized spacial score (nSPS) is 13.2. The van der Waals surface area contributed by atoms with Crippen LogP contribution in [0.25, 0.3) is 10.2 Å². The Kier molecular flexibility index (Phi) is 5.08. The molecule has 0 fully saturated rings. The monoisotopic (exact) mass is 342 g/mol. The van der Waals surface area contributed by atoms with Gasteiger partial charge in [-0.1, -0.05) is 41.7 Å². The zero-order valence-electron chi connectivity index (χ0n) is 13.3. The molecule has 1 aromatic heterocycles. The number of carbonyl (C=O) groups is 1. The van der Waals surface area contributed by atoms with Gasteiger partial charge >= 0.3 is 0 Å². The number of benzene rings is 2. The molecule has 0 aliphatic rings. The average Bonchev–Trinajstić information content (AvgIpc) is 2.91. The highest BCUT2D eigenvalue weighted by Gasteiger charge is 2.12. The lowest BCUT2D eigenvalue weighted by molar-refractivity contribution is -0.116. The van der Waals surface area contributed by atoms with Gasteiger partial charge in [0.15, 0.2) is 4.80 Å². The summed E-state index contributed by atoms with van der Waals surface area (Å²) >= 11 is 1.43. The van der Waals surface area contributed by atoms with Crippen molar-refractivity contribution in [3.63, 3.8) is 0 Å². The molecule has 0 aliphatic heterocycles. The number of aromatic nitrogens is 1. The first-order valence-electron chi connectivity index (χ1n) is 7.63. The lowest BCUT2D eigenvalue weighted by Gasteiger charge is -2.14. The molecule has 3 rings (SSSR count). The standard InChI is InChI=1S/C18H18N2O3S/c1-13(21)19-18-20(16-9-5-6-10-17(16)24-18)11-14(22)12-23-15-7-3-2-4-8-15/h2-10,14,22H,11-12H2,1H3/t14-/m1/s1. The van der Waals surface area contributed by atoms with E-state index in [1.807, 2.05) is 59.2 Å². The summed E-state index contributed by atoms with van der Waals surface area (Å²) in [6, 6.07) is 17.2. The van der Waals surface area contributed by atoms with Gasteiger partial charge < -0.3 is 14.4 Å². The van der Waals surface area contributed by atoms with E-state index in [4.69, 9.17) is 4.74 Å². The van der Waals surface area contributed by atoms with Gasteiger partial charge in [0.25, 0.3) is 0 Å². The summed E-state index contributed by atoms with van der Waals surface area (Å²) in [6.07, 6.45) is -0.714. The molecule has 0 radical (unpaired) electrons. The molecule has 3 aromatic rings. The number of hydrogen-bond donors (Lipinski definition) is 1. The number of para-hydroxylation sites is 2. The molecule has 0 saturated carbocycles. The maximum Gasteiger partial charge on any atom is 0.245 e. The van der Waals surface area contributed by atoms with Gasteiger partial charge in [0.1, 0.15) is 18.5 Å².